The maximum absolute atomic E-state index is 11.6. The predicted molar refractivity (Wildman–Crippen MR) is 92.3 cm³/mol. The van der Waals surface area contributed by atoms with Gasteiger partial charge in [-0.1, -0.05) is 0 Å². The molecule has 2 rings (SSSR count). The van der Waals surface area contributed by atoms with Gasteiger partial charge in [0.15, 0.2) is 18.1 Å². The molecule has 0 aromatic heterocycles. The number of halogens is 1. The fourth-order valence-electron chi connectivity index (χ4n) is 1.73. The Morgan fingerprint density at radius 2 is 2.09 bits per heavy atom. The van der Waals surface area contributed by atoms with Gasteiger partial charge in [-0.15, -0.1) is 0 Å². The summed E-state index contributed by atoms with van der Waals surface area (Å²) >= 11 is 2.86. The van der Waals surface area contributed by atoms with Crippen LogP contribution < -0.4 is 14.8 Å². The van der Waals surface area contributed by atoms with Crippen LogP contribution in [-0.4, -0.2) is 37.9 Å². The van der Waals surface area contributed by atoms with E-state index in [9.17, 15) is 14.4 Å². The minimum atomic E-state index is -0.508. The summed E-state index contributed by atoms with van der Waals surface area (Å²) in [6, 6.07) is 3.40. The molecule has 23 heavy (non-hydrogen) atoms. The van der Waals surface area contributed by atoms with Gasteiger partial charge in [0.05, 0.1) is 22.7 Å². The van der Waals surface area contributed by atoms with E-state index < -0.39 is 17.1 Å². The molecule has 1 N–H and O–H groups in total. The van der Waals surface area contributed by atoms with Gasteiger partial charge in [-0.25, -0.2) is 4.79 Å². The minimum Gasteiger partial charge on any atom is -0.493 e. The van der Waals surface area contributed by atoms with Crippen LogP contribution in [0.2, 0.25) is 0 Å². The third-order valence-corrected chi connectivity index (χ3v) is 4.37. The molecule has 0 radical (unpaired) electrons. The molecule has 1 aromatic rings. The lowest BCUT2D eigenvalue weighted by Gasteiger charge is -2.13. The van der Waals surface area contributed by atoms with Crippen molar-refractivity contribution in [1.29, 1.82) is 0 Å². The van der Waals surface area contributed by atoms with Crippen molar-refractivity contribution < 1.29 is 28.6 Å². The number of methoxy groups -OCH3 is 2. The molecule has 1 heterocycles. The lowest BCUT2D eigenvalue weighted by molar-refractivity contribution is -0.143. The Morgan fingerprint density at radius 1 is 1.35 bits per heavy atom. The van der Waals surface area contributed by atoms with Crippen molar-refractivity contribution in [3.05, 3.63) is 26.2 Å². The third kappa shape index (κ3) is 4.38. The van der Waals surface area contributed by atoms with E-state index in [-0.39, 0.29) is 6.61 Å². The molecule has 0 unspecified atom stereocenters. The summed E-state index contributed by atoms with van der Waals surface area (Å²) in [6.07, 6.45) is 1.58. The van der Waals surface area contributed by atoms with Gasteiger partial charge in [-0.05, 0) is 58.1 Å². The van der Waals surface area contributed by atoms with Crippen LogP contribution in [0.15, 0.2) is 17.0 Å². The number of ether oxygens (including phenoxy) is 3. The maximum atomic E-state index is 11.6. The Hall–Kier alpha value is -1.75. The van der Waals surface area contributed by atoms with Gasteiger partial charge in [-0.2, -0.15) is 0 Å². The van der Waals surface area contributed by atoms with Crippen LogP contribution in [0.3, 0.4) is 0 Å². The number of amides is 2. The van der Waals surface area contributed by atoms with Crippen molar-refractivity contribution in [2.24, 2.45) is 0 Å². The number of rotatable bonds is 5. The molecule has 0 bridgehead atoms. The summed E-state index contributed by atoms with van der Waals surface area (Å²) in [6.45, 7) is -0.240. The number of imide groups is 1. The first-order valence-corrected chi connectivity index (χ1v) is 8.16. The van der Waals surface area contributed by atoms with Crippen molar-refractivity contribution >= 4 is 57.5 Å². The van der Waals surface area contributed by atoms with E-state index in [4.69, 9.17) is 9.47 Å². The number of benzene rings is 1. The normalized spacial score (nSPS) is 15.5. The SMILES string of the molecule is COC(=O)COc1c(I)cc(/C=C2\SC(=O)NC2=O)cc1OC. The smallest absolute Gasteiger partial charge is 0.343 e. The van der Waals surface area contributed by atoms with E-state index in [2.05, 4.69) is 10.1 Å². The summed E-state index contributed by atoms with van der Waals surface area (Å²) in [7, 11) is 2.74. The highest BCUT2D eigenvalue weighted by molar-refractivity contribution is 14.1. The number of thioether (sulfide) groups is 1. The number of carbonyl (C=O) groups is 3. The molecule has 0 atom stereocenters. The largest absolute Gasteiger partial charge is 0.493 e. The molecule has 1 saturated heterocycles. The average molecular weight is 449 g/mol. The van der Waals surface area contributed by atoms with E-state index in [1.807, 2.05) is 22.6 Å². The van der Waals surface area contributed by atoms with E-state index in [1.165, 1.54) is 14.2 Å². The predicted octanol–water partition coefficient (Wildman–Crippen LogP) is 2.18. The van der Waals surface area contributed by atoms with Crippen molar-refractivity contribution in [3.8, 4) is 11.5 Å². The minimum absolute atomic E-state index is 0.240. The number of nitrogens with one attached hydrogen (secondary N) is 1. The first kappa shape index (κ1) is 17.6. The van der Waals surface area contributed by atoms with Crippen molar-refractivity contribution in [2.45, 2.75) is 0 Å². The van der Waals surface area contributed by atoms with Crippen molar-refractivity contribution in [1.82, 2.24) is 5.32 Å². The van der Waals surface area contributed by atoms with Gasteiger partial charge in [-0.3, -0.25) is 14.9 Å². The highest BCUT2D eigenvalue weighted by atomic mass is 127. The summed E-state index contributed by atoms with van der Waals surface area (Å²) in [4.78, 5) is 34.2. The first-order chi connectivity index (χ1) is 10.9. The molecule has 0 spiro atoms. The van der Waals surface area contributed by atoms with Gasteiger partial charge in [0, 0.05) is 0 Å². The summed E-state index contributed by atoms with van der Waals surface area (Å²) in [5.74, 6) is -0.130. The molecule has 7 nitrogen and oxygen atoms in total. The van der Waals surface area contributed by atoms with Gasteiger partial charge in [0.2, 0.25) is 0 Å². The fraction of sp³-hybridized carbons (Fsp3) is 0.214. The highest BCUT2D eigenvalue weighted by Crippen LogP contribution is 2.35. The monoisotopic (exact) mass is 449 g/mol. The van der Waals surface area contributed by atoms with E-state index in [1.54, 1.807) is 18.2 Å². The van der Waals surface area contributed by atoms with Crippen LogP contribution in [0.25, 0.3) is 6.08 Å². The summed E-state index contributed by atoms with van der Waals surface area (Å²) in [5.41, 5.74) is 0.670. The zero-order valence-electron chi connectivity index (χ0n) is 12.2. The summed E-state index contributed by atoms with van der Waals surface area (Å²) in [5, 5.41) is 1.79. The second-order valence-corrected chi connectivity index (χ2v) is 6.43. The maximum Gasteiger partial charge on any atom is 0.343 e. The Bertz CT molecular complexity index is 703. The van der Waals surface area contributed by atoms with Crippen LogP contribution in [-0.2, 0) is 14.3 Å². The van der Waals surface area contributed by atoms with Gasteiger partial charge >= 0.3 is 5.97 Å². The lowest BCUT2D eigenvalue weighted by Crippen LogP contribution is -2.17. The Kier molecular flexibility index (Phi) is 5.88. The van der Waals surface area contributed by atoms with Crippen LogP contribution in [0.1, 0.15) is 5.56 Å². The Balaban J connectivity index is 2.29. The molecule has 0 aliphatic carbocycles. The molecule has 0 saturated carbocycles. The molecule has 1 aliphatic heterocycles. The standard InChI is InChI=1S/C14H12INO6S/c1-20-9-4-7(5-10-13(18)16-14(19)23-10)3-8(15)12(9)22-6-11(17)21-2/h3-5H,6H2,1-2H3,(H,16,18,19)/b10-5-. The topological polar surface area (TPSA) is 90.9 Å². The van der Waals surface area contributed by atoms with E-state index in [0.29, 0.717) is 25.5 Å². The second kappa shape index (κ2) is 7.68. The molecule has 2 amide bonds. The molecule has 1 fully saturated rings. The van der Waals surface area contributed by atoms with Crippen LogP contribution in [0.4, 0.5) is 4.79 Å². The Morgan fingerprint density at radius 3 is 2.65 bits per heavy atom. The van der Waals surface area contributed by atoms with Gasteiger partial charge in [0.1, 0.15) is 0 Å². The zero-order chi connectivity index (χ0) is 17.0. The quantitative estimate of drug-likeness (QED) is 0.419. The molecular formula is C14H12INO6S. The van der Waals surface area contributed by atoms with E-state index >= 15 is 0 Å². The van der Waals surface area contributed by atoms with Crippen molar-refractivity contribution in [3.63, 3.8) is 0 Å². The number of carbonyl (C=O) groups excluding carboxylic acids is 3. The van der Waals surface area contributed by atoms with Gasteiger partial charge < -0.3 is 14.2 Å². The number of esters is 1. The summed E-state index contributed by atoms with van der Waals surface area (Å²) < 4.78 is 15.9. The fourth-order valence-corrected chi connectivity index (χ4v) is 3.19. The average Bonchev–Trinajstić information content (AvgIpc) is 2.82. The molecule has 1 aliphatic rings. The number of hydrogen-bond acceptors (Lipinski definition) is 7. The number of hydrogen-bond donors (Lipinski definition) is 1. The van der Waals surface area contributed by atoms with Crippen LogP contribution in [0.5, 0.6) is 11.5 Å². The lowest BCUT2D eigenvalue weighted by atomic mass is 10.2. The van der Waals surface area contributed by atoms with Crippen molar-refractivity contribution in [2.75, 3.05) is 20.8 Å². The third-order valence-electron chi connectivity index (χ3n) is 2.75. The van der Waals surface area contributed by atoms with Crippen LogP contribution >= 0.6 is 34.4 Å². The molecule has 122 valence electrons. The molecular weight excluding hydrogens is 437 g/mol. The first-order valence-electron chi connectivity index (χ1n) is 6.26. The van der Waals surface area contributed by atoms with Crippen LogP contribution in [0, 0.1) is 3.57 Å². The highest BCUT2D eigenvalue weighted by Gasteiger charge is 2.25. The zero-order valence-corrected chi connectivity index (χ0v) is 15.1. The molecule has 1 aromatic carbocycles. The molecule has 9 heteroatoms. The Labute approximate surface area is 149 Å². The van der Waals surface area contributed by atoms with Gasteiger partial charge in [0.25, 0.3) is 11.1 Å². The second-order valence-electron chi connectivity index (χ2n) is 4.25. The van der Waals surface area contributed by atoms with E-state index in [0.717, 1.165) is 11.8 Å².